The highest BCUT2D eigenvalue weighted by molar-refractivity contribution is 7.14. The first-order valence-corrected chi connectivity index (χ1v) is 11.2. The topological polar surface area (TPSA) is 96.1 Å². The zero-order valence-electron chi connectivity index (χ0n) is 17.8. The molecule has 0 bridgehead atoms. The van der Waals surface area contributed by atoms with Gasteiger partial charge in [0.25, 0.3) is 0 Å². The summed E-state index contributed by atoms with van der Waals surface area (Å²) < 4.78 is 5.00. The van der Waals surface area contributed by atoms with E-state index in [0.29, 0.717) is 11.6 Å². The molecule has 8 heteroatoms. The Labute approximate surface area is 189 Å². The monoisotopic (exact) mass is 448 g/mol. The van der Waals surface area contributed by atoms with Crippen molar-refractivity contribution in [3.05, 3.63) is 71.2 Å². The van der Waals surface area contributed by atoms with E-state index in [-0.39, 0.29) is 12.5 Å². The van der Waals surface area contributed by atoms with Crippen LogP contribution in [0.1, 0.15) is 18.1 Å². The second-order valence-electron chi connectivity index (χ2n) is 7.37. The van der Waals surface area contributed by atoms with Crippen molar-refractivity contribution in [3.8, 4) is 11.3 Å². The van der Waals surface area contributed by atoms with Gasteiger partial charge in [-0.2, -0.15) is 0 Å². The van der Waals surface area contributed by atoms with Gasteiger partial charge in [0.15, 0.2) is 5.13 Å². The molecule has 0 saturated heterocycles. The molecule has 0 aliphatic heterocycles. The van der Waals surface area contributed by atoms with Crippen molar-refractivity contribution in [2.24, 2.45) is 0 Å². The van der Waals surface area contributed by atoms with Gasteiger partial charge in [-0.1, -0.05) is 48.0 Å². The standard InChI is InChI=1S/C24H24N4O3S/c1-3-31-24(30)27-20(12-17-13-25-19-7-5-4-6-18(17)19)22(29)28-23-26-21(14-32-23)16-10-8-15(2)9-11-16/h4-11,13-14,20,25H,3,12H2,1-2H3,(H,27,30)(H,26,28,29)/t20-/m0/s1. The minimum absolute atomic E-state index is 0.222. The van der Waals surface area contributed by atoms with Crippen LogP contribution in [-0.4, -0.2) is 34.6 Å². The lowest BCUT2D eigenvalue weighted by Crippen LogP contribution is -2.45. The largest absolute Gasteiger partial charge is 0.450 e. The SMILES string of the molecule is CCOC(=O)N[C@@H](Cc1c[nH]c2ccccc12)C(=O)Nc1nc(-c2ccc(C)cc2)cs1. The summed E-state index contributed by atoms with van der Waals surface area (Å²) in [4.78, 5) is 32.9. The minimum atomic E-state index is -0.819. The number of H-pyrrole nitrogens is 1. The Morgan fingerprint density at radius 2 is 1.94 bits per heavy atom. The highest BCUT2D eigenvalue weighted by atomic mass is 32.1. The highest BCUT2D eigenvalue weighted by Gasteiger charge is 2.24. The van der Waals surface area contributed by atoms with Gasteiger partial charge >= 0.3 is 6.09 Å². The number of ether oxygens (including phenoxy) is 1. The number of aryl methyl sites for hydroxylation is 1. The fourth-order valence-corrected chi connectivity index (χ4v) is 4.15. The molecule has 32 heavy (non-hydrogen) atoms. The summed E-state index contributed by atoms with van der Waals surface area (Å²) in [5, 5.41) is 8.89. The van der Waals surface area contributed by atoms with Gasteiger partial charge in [0, 0.05) is 34.5 Å². The van der Waals surface area contributed by atoms with Crippen molar-refractivity contribution >= 4 is 39.4 Å². The van der Waals surface area contributed by atoms with E-state index in [1.807, 2.05) is 67.0 Å². The minimum Gasteiger partial charge on any atom is -0.450 e. The summed E-state index contributed by atoms with van der Waals surface area (Å²) in [6.07, 6.45) is 1.54. The number of nitrogens with zero attached hydrogens (tertiary/aromatic N) is 1. The number of aromatic nitrogens is 2. The molecule has 0 aliphatic rings. The van der Waals surface area contributed by atoms with Gasteiger partial charge in [0.1, 0.15) is 6.04 Å². The number of carbonyl (C=O) groups excluding carboxylic acids is 2. The van der Waals surface area contributed by atoms with Gasteiger partial charge in [-0.15, -0.1) is 11.3 Å². The number of benzene rings is 2. The van der Waals surface area contributed by atoms with E-state index in [1.165, 1.54) is 16.9 Å². The molecule has 0 saturated carbocycles. The Morgan fingerprint density at radius 3 is 2.72 bits per heavy atom. The van der Waals surface area contributed by atoms with E-state index in [9.17, 15) is 9.59 Å². The first kappa shape index (κ1) is 21.6. The van der Waals surface area contributed by atoms with Gasteiger partial charge in [-0.25, -0.2) is 9.78 Å². The Hall–Kier alpha value is -3.65. The molecule has 2 aromatic heterocycles. The van der Waals surface area contributed by atoms with E-state index >= 15 is 0 Å². The molecule has 0 radical (unpaired) electrons. The molecule has 164 valence electrons. The van der Waals surface area contributed by atoms with Crippen molar-refractivity contribution in [2.45, 2.75) is 26.3 Å². The number of amides is 2. The summed E-state index contributed by atoms with van der Waals surface area (Å²) >= 11 is 1.34. The van der Waals surface area contributed by atoms with Gasteiger partial charge in [-0.05, 0) is 25.5 Å². The van der Waals surface area contributed by atoms with Crippen LogP contribution >= 0.6 is 11.3 Å². The van der Waals surface area contributed by atoms with Gasteiger partial charge < -0.3 is 20.4 Å². The van der Waals surface area contributed by atoms with Crippen LogP contribution in [0.2, 0.25) is 0 Å². The summed E-state index contributed by atoms with van der Waals surface area (Å²) in [6.45, 7) is 3.97. The number of carbonyl (C=O) groups is 2. The van der Waals surface area contributed by atoms with Crippen LogP contribution in [0, 0.1) is 6.92 Å². The number of nitrogens with one attached hydrogen (secondary N) is 3. The average molecular weight is 449 g/mol. The highest BCUT2D eigenvalue weighted by Crippen LogP contribution is 2.26. The number of alkyl carbamates (subject to hydrolysis) is 1. The predicted molar refractivity (Wildman–Crippen MR) is 127 cm³/mol. The Morgan fingerprint density at radius 1 is 1.16 bits per heavy atom. The molecular weight excluding hydrogens is 424 g/mol. The lowest BCUT2D eigenvalue weighted by molar-refractivity contribution is -0.118. The van der Waals surface area contributed by atoms with Crippen LogP contribution < -0.4 is 10.6 Å². The van der Waals surface area contributed by atoms with Crippen LogP contribution in [0.4, 0.5) is 9.93 Å². The van der Waals surface area contributed by atoms with Gasteiger partial charge in [0.2, 0.25) is 5.91 Å². The molecule has 3 N–H and O–H groups in total. The predicted octanol–water partition coefficient (Wildman–Crippen LogP) is 4.90. The van der Waals surface area contributed by atoms with Crippen molar-refractivity contribution in [2.75, 3.05) is 11.9 Å². The molecule has 7 nitrogen and oxygen atoms in total. The summed E-state index contributed by atoms with van der Waals surface area (Å²) in [6, 6.07) is 15.1. The maximum absolute atomic E-state index is 13.1. The van der Waals surface area contributed by atoms with Crippen LogP contribution in [0.3, 0.4) is 0 Å². The number of aromatic amines is 1. The van der Waals surface area contributed by atoms with E-state index in [1.54, 1.807) is 6.92 Å². The lowest BCUT2D eigenvalue weighted by atomic mass is 10.0. The zero-order chi connectivity index (χ0) is 22.5. The molecule has 4 rings (SSSR count). The second kappa shape index (κ2) is 9.65. The number of fused-ring (bicyclic) bond motifs is 1. The lowest BCUT2D eigenvalue weighted by Gasteiger charge is -2.17. The summed E-state index contributed by atoms with van der Waals surface area (Å²) in [5.41, 5.74) is 4.84. The average Bonchev–Trinajstić information content (AvgIpc) is 3.41. The number of hydrogen-bond donors (Lipinski definition) is 3. The third-order valence-corrected chi connectivity index (χ3v) is 5.82. The number of hydrogen-bond acceptors (Lipinski definition) is 5. The first-order chi connectivity index (χ1) is 15.5. The summed E-state index contributed by atoms with van der Waals surface area (Å²) in [5.74, 6) is -0.354. The van der Waals surface area contributed by atoms with Gasteiger partial charge in [-0.3, -0.25) is 4.79 Å². The van der Waals surface area contributed by atoms with Crippen molar-refractivity contribution in [1.29, 1.82) is 0 Å². The number of para-hydroxylation sites is 1. The van der Waals surface area contributed by atoms with Crippen LogP contribution in [0.5, 0.6) is 0 Å². The second-order valence-corrected chi connectivity index (χ2v) is 8.23. The maximum Gasteiger partial charge on any atom is 0.407 e. The Bertz CT molecular complexity index is 1230. The van der Waals surface area contributed by atoms with Crippen LogP contribution in [0.15, 0.2) is 60.1 Å². The Kier molecular flexibility index (Phi) is 6.51. The zero-order valence-corrected chi connectivity index (χ0v) is 18.7. The Balaban J connectivity index is 1.52. The molecular formula is C24H24N4O3S. The van der Waals surface area contributed by atoms with Crippen molar-refractivity contribution in [1.82, 2.24) is 15.3 Å². The number of anilines is 1. The first-order valence-electron chi connectivity index (χ1n) is 10.3. The fraction of sp³-hybridized carbons (Fsp3) is 0.208. The molecule has 0 unspecified atom stereocenters. The molecule has 1 atom stereocenters. The maximum atomic E-state index is 13.1. The quantitative estimate of drug-likeness (QED) is 0.375. The van der Waals surface area contributed by atoms with Crippen LogP contribution in [0.25, 0.3) is 22.2 Å². The molecule has 0 fully saturated rings. The molecule has 2 amide bonds. The normalized spacial score (nSPS) is 11.8. The number of rotatable bonds is 7. The van der Waals surface area contributed by atoms with Gasteiger partial charge in [0.05, 0.1) is 12.3 Å². The molecule has 4 aromatic rings. The molecule has 2 aromatic carbocycles. The smallest absolute Gasteiger partial charge is 0.407 e. The third-order valence-electron chi connectivity index (χ3n) is 5.06. The van der Waals surface area contributed by atoms with E-state index in [0.717, 1.165) is 27.7 Å². The van der Waals surface area contributed by atoms with E-state index in [4.69, 9.17) is 4.74 Å². The fourth-order valence-electron chi connectivity index (χ4n) is 3.43. The van der Waals surface area contributed by atoms with E-state index < -0.39 is 12.1 Å². The van der Waals surface area contributed by atoms with Crippen molar-refractivity contribution in [3.63, 3.8) is 0 Å². The van der Waals surface area contributed by atoms with Crippen LogP contribution in [-0.2, 0) is 16.0 Å². The molecule has 2 heterocycles. The van der Waals surface area contributed by atoms with E-state index in [2.05, 4.69) is 20.6 Å². The van der Waals surface area contributed by atoms with Crippen molar-refractivity contribution < 1.29 is 14.3 Å². The third kappa shape index (κ3) is 4.97. The summed E-state index contributed by atoms with van der Waals surface area (Å²) in [7, 11) is 0. The number of thiazole rings is 1. The molecule has 0 spiro atoms. The molecule has 0 aliphatic carbocycles.